The maximum Gasteiger partial charge on any atom is 0.268 e. The van der Waals surface area contributed by atoms with Crippen LogP contribution >= 0.6 is 12.6 Å². The summed E-state index contributed by atoms with van der Waals surface area (Å²) >= 11 is 4.30. The summed E-state index contributed by atoms with van der Waals surface area (Å²) in [6, 6.07) is 1.66. The molecule has 0 saturated heterocycles. The van der Waals surface area contributed by atoms with Crippen molar-refractivity contribution in [2.24, 2.45) is 5.41 Å². The van der Waals surface area contributed by atoms with E-state index in [4.69, 9.17) is 0 Å². The number of hydrogen-bond acceptors (Lipinski definition) is 4. The second-order valence-electron chi connectivity index (χ2n) is 5.20. The molecule has 1 aromatic rings. The molecule has 0 aliphatic rings. The number of aromatic nitrogens is 2. The molecule has 0 aliphatic heterocycles. The fourth-order valence-electron chi connectivity index (χ4n) is 1.76. The largest absolute Gasteiger partial charge is 0.371 e. The predicted molar refractivity (Wildman–Crippen MR) is 79.7 cm³/mol. The second kappa shape index (κ2) is 6.27. The molecule has 102 valence electrons. The molecular weight excluding hydrogens is 246 g/mol. The van der Waals surface area contributed by atoms with E-state index in [0.717, 1.165) is 24.5 Å². The summed E-state index contributed by atoms with van der Waals surface area (Å²) in [4.78, 5) is 14.1. The molecule has 0 atom stereocenters. The van der Waals surface area contributed by atoms with Crippen molar-refractivity contribution in [2.45, 2.75) is 34.2 Å². The Morgan fingerprint density at radius 3 is 2.44 bits per heavy atom. The van der Waals surface area contributed by atoms with E-state index in [1.165, 1.54) is 4.68 Å². The van der Waals surface area contributed by atoms with E-state index in [1.54, 1.807) is 12.3 Å². The van der Waals surface area contributed by atoms with Gasteiger partial charge < -0.3 is 4.90 Å². The van der Waals surface area contributed by atoms with Crippen molar-refractivity contribution in [3.8, 4) is 0 Å². The topological polar surface area (TPSA) is 38.1 Å². The highest BCUT2D eigenvalue weighted by molar-refractivity contribution is 7.80. The minimum absolute atomic E-state index is 0.0311. The minimum atomic E-state index is -0.0470. The molecule has 0 spiro atoms. The van der Waals surface area contributed by atoms with E-state index in [9.17, 15) is 4.79 Å². The quantitative estimate of drug-likeness (QED) is 0.803. The van der Waals surface area contributed by atoms with Crippen LogP contribution in [0.2, 0.25) is 0 Å². The monoisotopic (exact) mass is 269 g/mol. The third-order valence-electron chi connectivity index (χ3n) is 2.99. The molecule has 0 N–H and O–H groups in total. The van der Waals surface area contributed by atoms with Crippen LogP contribution in [0.4, 0.5) is 5.69 Å². The number of hydrogen-bond donors (Lipinski definition) is 1. The van der Waals surface area contributed by atoms with Crippen LogP contribution in [0, 0.1) is 5.41 Å². The molecule has 4 nitrogen and oxygen atoms in total. The summed E-state index contributed by atoms with van der Waals surface area (Å²) < 4.78 is 1.52. The van der Waals surface area contributed by atoms with Crippen molar-refractivity contribution in [1.29, 1.82) is 0 Å². The number of thiol groups is 1. The zero-order chi connectivity index (χ0) is 13.8. The number of rotatable bonds is 6. The number of nitrogens with zero attached hydrogens (tertiary/aromatic N) is 3. The van der Waals surface area contributed by atoms with Gasteiger partial charge in [0.15, 0.2) is 0 Å². The van der Waals surface area contributed by atoms with Gasteiger partial charge in [-0.3, -0.25) is 4.79 Å². The Morgan fingerprint density at radius 1 is 1.39 bits per heavy atom. The van der Waals surface area contributed by atoms with Crippen molar-refractivity contribution < 1.29 is 0 Å². The third kappa shape index (κ3) is 3.77. The van der Waals surface area contributed by atoms with Crippen LogP contribution in [0.15, 0.2) is 17.1 Å². The van der Waals surface area contributed by atoms with E-state index in [0.29, 0.717) is 6.54 Å². The Morgan fingerprint density at radius 2 is 2.00 bits per heavy atom. The van der Waals surface area contributed by atoms with Gasteiger partial charge in [0.1, 0.15) is 0 Å². The van der Waals surface area contributed by atoms with Gasteiger partial charge in [0, 0.05) is 19.2 Å². The van der Waals surface area contributed by atoms with Gasteiger partial charge in [0.05, 0.1) is 18.4 Å². The molecule has 0 fully saturated rings. The predicted octanol–water partition coefficient (Wildman–Crippen LogP) is 2.05. The lowest BCUT2D eigenvalue weighted by Gasteiger charge is -2.24. The molecule has 0 aliphatic carbocycles. The summed E-state index contributed by atoms with van der Waals surface area (Å²) in [5.74, 6) is 0.721. The first kappa shape index (κ1) is 15.1. The van der Waals surface area contributed by atoms with E-state index in [-0.39, 0.29) is 11.0 Å². The molecule has 18 heavy (non-hydrogen) atoms. The molecule has 0 radical (unpaired) electrons. The highest BCUT2D eigenvalue weighted by Gasteiger charge is 2.18. The molecule has 1 aromatic heterocycles. The molecule has 0 bridgehead atoms. The minimum Gasteiger partial charge on any atom is -0.371 e. The van der Waals surface area contributed by atoms with Crippen LogP contribution in [-0.2, 0) is 6.54 Å². The average molecular weight is 269 g/mol. The maximum atomic E-state index is 12.0. The highest BCUT2D eigenvalue weighted by atomic mass is 32.1. The highest BCUT2D eigenvalue weighted by Crippen LogP contribution is 2.18. The first-order valence-corrected chi connectivity index (χ1v) is 6.99. The second-order valence-corrected chi connectivity index (χ2v) is 5.52. The summed E-state index contributed by atoms with van der Waals surface area (Å²) in [7, 11) is 0. The van der Waals surface area contributed by atoms with Crippen molar-refractivity contribution in [3.63, 3.8) is 0 Å². The van der Waals surface area contributed by atoms with Gasteiger partial charge in [-0.1, -0.05) is 13.8 Å². The van der Waals surface area contributed by atoms with Crippen LogP contribution < -0.4 is 10.5 Å². The zero-order valence-corrected chi connectivity index (χ0v) is 12.6. The molecule has 0 saturated carbocycles. The first-order valence-electron chi connectivity index (χ1n) is 6.36. The van der Waals surface area contributed by atoms with Gasteiger partial charge in [-0.15, -0.1) is 0 Å². The zero-order valence-electron chi connectivity index (χ0n) is 11.7. The Kier molecular flexibility index (Phi) is 5.26. The lowest BCUT2D eigenvalue weighted by Crippen LogP contribution is -2.32. The maximum absolute atomic E-state index is 12.0. The summed E-state index contributed by atoms with van der Waals surface area (Å²) in [5, 5.41) is 4.26. The Bertz CT molecular complexity index is 438. The summed E-state index contributed by atoms with van der Waals surface area (Å²) in [5.41, 5.74) is 0.815. The fourth-order valence-corrected chi connectivity index (χ4v) is 1.86. The Balaban J connectivity index is 2.96. The smallest absolute Gasteiger partial charge is 0.268 e. The van der Waals surface area contributed by atoms with E-state index < -0.39 is 0 Å². The van der Waals surface area contributed by atoms with Gasteiger partial charge in [-0.2, -0.15) is 17.7 Å². The van der Waals surface area contributed by atoms with Gasteiger partial charge in [-0.25, -0.2) is 4.68 Å². The van der Waals surface area contributed by atoms with Crippen LogP contribution in [0.3, 0.4) is 0 Å². The SMILES string of the molecule is CCN(CC)c1cnn(CC(C)(C)CS)c(=O)c1. The summed E-state index contributed by atoms with van der Waals surface area (Å²) in [6.45, 7) is 10.6. The summed E-state index contributed by atoms with van der Waals surface area (Å²) in [6.07, 6.45) is 1.77. The Hall–Kier alpha value is -0.970. The van der Waals surface area contributed by atoms with E-state index in [1.807, 2.05) is 0 Å². The Labute approximate surface area is 114 Å². The van der Waals surface area contributed by atoms with Crippen molar-refractivity contribution >= 4 is 18.3 Å². The first-order chi connectivity index (χ1) is 8.43. The van der Waals surface area contributed by atoms with E-state index >= 15 is 0 Å². The van der Waals surface area contributed by atoms with Crippen LogP contribution in [0.5, 0.6) is 0 Å². The van der Waals surface area contributed by atoms with Gasteiger partial charge in [0.2, 0.25) is 0 Å². The molecule has 1 rings (SSSR count). The fraction of sp³-hybridized carbons (Fsp3) is 0.692. The normalized spacial score (nSPS) is 11.6. The molecule has 0 aromatic carbocycles. The molecular formula is C13H23N3OS. The third-order valence-corrected chi connectivity index (χ3v) is 3.85. The van der Waals surface area contributed by atoms with Crippen LogP contribution in [0.25, 0.3) is 0 Å². The lowest BCUT2D eigenvalue weighted by atomic mass is 9.97. The van der Waals surface area contributed by atoms with Crippen LogP contribution in [0.1, 0.15) is 27.7 Å². The van der Waals surface area contributed by atoms with Crippen molar-refractivity contribution in [3.05, 3.63) is 22.6 Å². The molecule has 5 heteroatoms. The number of anilines is 1. The standard InChI is InChI=1S/C13H23N3OS/c1-5-15(6-2)11-7-12(17)16(14-8-11)9-13(3,4)10-18/h7-8,18H,5-6,9-10H2,1-4H3. The van der Waals surface area contributed by atoms with Gasteiger partial charge in [-0.05, 0) is 25.0 Å². The van der Waals surface area contributed by atoms with Gasteiger partial charge in [0.25, 0.3) is 5.56 Å². The van der Waals surface area contributed by atoms with Gasteiger partial charge >= 0.3 is 0 Å². The van der Waals surface area contributed by atoms with Crippen molar-refractivity contribution in [2.75, 3.05) is 23.7 Å². The lowest BCUT2D eigenvalue weighted by molar-refractivity contribution is 0.325. The average Bonchev–Trinajstić information content (AvgIpc) is 2.34. The van der Waals surface area contributed by atoms with Crippen molar-refractivity contribution in [1.82, 2.24) is 9.78 Å². The molecule has 0 unspecified atom stereocenters. The molecule has 1 heterocycles. The molecule has 0 amide bonds. The van der Waals surface area contributed by atoms with Crippen LogP contribution in [-0.4, -0.2) is 28.6 Å². The van der Waals surface area contributed by atoms with E-state index in [2.05, 4.69) is 50.3 Å².